The molecule has 9 nitrogen and oxygen atoms in total. The molecule has 3 aromatic rings. The van der Waals surface area contributed by atoms with Gasteiger partial charge in [0.15, 0.2) is 0 Å². The van der Waals surface area contributed by atoms with Crippen LogP contribution in [0.1, 0.15) is 5.56 Å². The highest BCUT2D eigenvalue weighted by molar-refractivity contribution is 7.14. The van der Waals surface area contributed by atoms with Crippen LogP contribution in [0.25, 0.3) is 10.9 Å². The molecule has 0 radical (unpaired) electrons. The summed E-state index contributed by atoms with van der Waals surface area (Å²) in [6.07, 6.45) is 1.46. The normalized spacial score (nSPS) is 15.4. The van der Waals surface area contributed by atoms with E-state index in [4.69, 9.17) is 22.1 Å². The van der Waals surface area contributed by atoms with Gasteiger partial charge in [0.25, 0.3) is 0 Å². The Hall–Kier alpha value is -2.95. The van der Waals surface area contributed by atoms with Gasteiger partial charge in [0, 0.05) is 37.4 Å². The molecule has 2 aromatic heterocycles. The zero-order valence-corrected chi connectivity index (χ0v) is 18.3. The number of carbonyl (C=O) groups excluding carboxylic acids is 2. The van der Waals surface area contributed by atoms with Gasteiger partial charge in [0.2, 0.25) is 5.91 Å². The lowest BCUT2D eigenvalue weighted by Gasteiger charge is -2.38. The Morgan fingerprint density at radius 1 is 1.35 bits per heavy atom. The molecule has 0 spiro atoms. The Labute approximate surface area is 187 Å². The highest BCUT2D eigenvalue weighted by Gasteiger charge is 2.32. The summed E-state index contributed by atoms with van der Waals surface area (Å²) in [5.41, 5.74) is 8.20. The van der Waals surface area contributed by atoms with Gasteiger partial charge >= 0.3 is 6.03 Å². The summed E-state index contributed by atoms with van der Waals surface area (Å²) in [4.78, 5) is 36.6. The van der Waals surface area contributed by atoms with Crippen LogP contribution in [0, 0.1) is 0 Å². The molecule has 1 fully saturated rings. The summed E-state index contributed by atoms with van der Waals surface area (Å²) >= 11 is 7.22. The van der Waals surface area contributed by atoms with E-state index in [-0.39, 0.29) is 18.5 Å². The molecule has 31 heavy (non-hydrogen) atoms. The maximum Gasteiger partial charge on any atom is 0.322 e. The van der Waals surface area contributed by atoms with Crippen LogP contribution in [0.5, 0.6) is 0 Å². The number of amides is 3. The first-order chi connectivity index (χ1) is 14.9. The number of aromatic nitrogens is 2. The van der Waals surface area contributed by atoms with Crippen molar-refractivity contribution >= 4 is 57.3 Å². The van der Waals surface area contributed by atoms with E-state index in [1.54, 1.807) is 23.5 Å². The minimum atomic E-state index is -0.454. The van der Waals surface area contributed by atoms with Gasteiger partial charge in [-0.1, -0.05) is 17.7 Å². The molecule has 3 N–H and O–H groups in total. The van der Waals surface area contributed by atoms with Crippen LogP contribution in [-0.2, 0) is 16.0 Å². The maximum atomic E-state index is 12.8. The van der Waals surface area contributed by atoms with Crippen molar-refractivity contribution in [3.63, 3.8) is 0 Å². The Morgan fingerprint density at radius 3 is 2.90 bits per heavy atom. The van der Waals surface area contributed by atoms with Crippen molar-refractivity contribution in [3.8, 4) is 0 Å². The van der Waals surface area contributed by atoms with Crippen molar-refractivity contribution in [2.24, 2.45) is 0 Å². The number of carbonyl (C=O) groups is 2. The van der Waals surface area contributed by atoms with E-state index in [9.17, 15) is 9.59 Å². The van der Waals surface area contributed by atoms with Crippen LogP contribution in [0.2, 0.25) is 4.34 Å². The molecule has 162 valence electrons. The van der Waals surface area contributed by atoms with E-state index in [1.807, 2.05) is 18.2 Å². The molecule has 1 saturated heterocycles. The first-order valence-electron chi connectivity index (χ1n) is 9.56. The van der Waals surface area contributed by atoms with Gasteiger partial charge in [-0.25, -0.2) is 14.8 Å². The number of methoxy groups -OCH3 is 1. The van der Waals surface area contributed by atoms with Gasteiger partial charge in [-0.3, -0.25) is 4.79 Å². The van der Waals surface area contributed by atoms with Gasteiger partial charge in [-0.2, -0.15) is 0 Å². The number of nitrogens with zero attached hydrogens (tertiary/aromatic N) is 4. The van der Waals surface area contributed by atoms with Gasteiger partial charge in [0.05, 0.1) is 15.5 Å². The number of nitrogens with one attached hydrogen (secondary N) is 1. The highest BCUT2D eigenvalue weighted by Crippen LogP contribution is 2.24. The van der Waals surface area contributed by atoms with E-state index in [2.05, 4.69) is 15.3 Å². The maximum absolute atomic E-state index is 12.8. The Kier molecular flexibility index (Phi) is 6.21. The van der Waals surface area contributed by atoms with E-state index in [0.29, 0.717) is 35.4 Å². The van der Waals surface area contributed by atoms with E-state index >= 15 is 0 Å². The Bertz CT molecular complexity index is 1120. The fourth-order valence-electron chi connectivity index (χ4n) is 3.52. The van der Waals surface area contributed by atoms with Crippen molar-refractivity contribution in [1.82, 2.24) is 19.8 Å². The van der Waals surface area contributed by atoms with Crippen molar-refractivity contribution in [2.75, 3.05) is 37.8 Å². The molecule has 4 rings (SSSR count). The molecule has 1 aliphatic rings. The second-order valence-corrected chi connectivity index (χ2v) is 8.63. The minimum Gasteiger partial charge on any atom is -0.383 e. The number of hydrogen-bond donors (Lipinski definition) is 2. The molecule has 3 heterocycles. The van der Waals surface area contributed by atoms with Crippen molar-refractivity contribution < 1.29 is 14.3 Å². The van der Waals surface area contributed by atoms with Crippen LogP contribution in [-0.4, -0.2) is 64.7 Å². The summed E-state index contributed by atoms with van der Waals surface area (Å²) in [6.45, 7) is 0.750. The average Bonchev–Trinajstić information content (AvgIpc) is 3.16. The second kappa shape index (κ2) is 9.04. The summed E-state index contributed by atoms with van der Waals surface area (Å²) in [6, 6.07) is 7.05. The van der Waals surface area contributed by atoms with Crippen LogP contribution < -0.4 is 11.1 Å². The average molecular weight is 461 g/mol. The number of anilines is 2. The fourth-order valence-corrected chi connectivity index (χ4v) is 4.33. The number of nitrogens with two attached hydrogens (primary N) is 1. The monoisotopic (exact) mass is 460 g/mol. The van der Waals surface area contributed by atoms with E-state index in [0.717, 1.165) is 16.5 Å². The molecule has 0 aliphatic carbocycles. The lowest BCUT2D eigenvalue weighted by atomic mass is 10.1. The summed E-state index contributed by atoms with van der Waals surface area (Å²) in [7, 11) is 1.57. The number of nitrogen functional groups attached to an aromatic ring is 1. The third-order valence-electron chi connectivity index (χ3n) is 5.12. The molecule has 0 saturated carbocycles. The lowest BCUT2D eigenvalue weighted by Crippen LogP contribution is -2.57. The van der Waals surface area contributed by atoms with Gasteiger partial charge < -0.3 is 25.6 Å². The van der Waals surface area contributed by atoms with Gasteiger partial charge in [-0.15, -0.1) is 11.3 Å². The standard InChI is InChI=1S/C20H21ClN6O3S/c1-30-18(7-12-2-3-14-15(6-12)23-11-24-19(14)22)27-5-4-26(9-17(27)28)20(29)25-13-8-16(21)31-10-13/h2-3,6,8,10-11,18H,4-5,7,9H2,1H3,(H,25,29)(H2,22,23,24). The Balaban J connectivity index is 1.40. The molecular weight excluding hydrogens is 440 g/mol. The number of thiophene rings is 1. The van der Waals surface area contributed by atoms with Crippen molar-refractivity contribution in [3.05, 3.63) is 45.9 Å². The molecule has 3 amide bonds. The first kappa shape index (κ1) is 21.3. The largest absolute Gasteiger partial charge is 0.383 e. The van der Waals surface area contributed by atoms with Crippen molar-refractivity contribution in [1.29, 1.82) is 0 Å². The molecule has 1 aromatic carbocycles. The van der Waals surface area contributed by atoms with E-state index in [1.165, 1.54) is 22.6 Å². The molecule has 1 aliphatic heterocycles. The minimum absolute atomic E-state index is 0.0228. The summed E-state index contributed by atoms with van der Waals surface area (Å²) in [5, 5.41) is 5.29. The zero-order valence-electron chi connectivity index (χ0n) is 16.7. The van der Waals surface area contributed by atoms with Gasteiger partial charge in [0.1, 0.15) is 24.9 Å². The number of halogens is 1. The van der Waals surface area contributed by atoms with Crippen LogP contribution in [0.3, 0.4) is 0 Å². The predicted octanol–water partition coefficient (Wildman–Crippen LogP) is 2.82. The number of piperazine rings is 1. The van der Waals surface area contributed by atoms with Crippen LogP contribution >= 0.6 is 22.9 Å². The third kappa shape index (κ3) is 4.71. The lowest BCUT2D eigenvalue weighted by molar-refractivity contribution is -0.148. The topological polar surface area (TPSA) is 114 Å². The third-order valence-corrected chi connectivity index (χ3v) is 6.22. The molecular formula is C20H21ClN6O3S. The highest BCUT2D eigenvalue weighted by atomic mass is 35.5. The number of ether oxygens (including phenoxy) is 1. The molecule has 1 atom stereocenters. The number of benzene rings is 1. The summed E-state index contributed by atoms with van der Waals surface area (Å²) in [5.74, 6) is 0.248. The van der Waals surface area contributed by atoms with Crippen LogP contribution in [0.15, 0.2) is 36.0 Å². The Morgan fingerprint density at radius 2 is 2.19 bits per heavy atom. The number of urea groups is 1. The van der Waals surface area contributed by atoms with Crippen molar-refractivity contribution in [2.45, 2.75) is 12.6 Å². The predicted molar refractivity (Wildman–Crippen MR) is 120 cm³/mol. The quantitative estimate of drug-likeness (QED) is 0.605. The SMILES string of the molecule is COC(Cc1ccc2c(N)ncnc2c1)N1CCN(C(=O)Nc2csc(Cl)c2)CC1=O. The fraction of sp³-hybridized carbons (Fsp3) is 0.300. The number of rotatable bonds is 5. The smallest absolute Gasteiger partial charge is 0.322 e. The number of hydrogen-bond acceptors (Lipinski definition) is 7. The zero-order chi connectivity index (χ0) is 22.0. The molecule has 11 heteroatoms. The van der Waals surface area contributed by atoms with E-state index < -0.39 is 6.23 Å². The van der Waals surface area contributed by atoms with Gasteiger partial charge in [-0.05, 0) is 23.8 Å². The molecule has 0 bridgehead atoms. The van der Waals surface area contributed by atoms with Crippen LogP contribution in [0.4, 0.5) is 16.3 Å². The number of fused-ring (bicyclic) bond motifs is 1. The first-order valence-corrected chi connectivity index (χ1v) is 10.8. The second-order valence-electron chi connectivity index (χ2n) is 7.08. The summed E-state index contributed by atoms with van der Waals surface area (Å²) < 4.78 is 6.19. The molecule has 1 unspecified atom stereocenters.